The van der Waals surface area contributed by atoms with Crippen LogP contribution in [-0.2, 0) is 14.8 Å². The van der Waals surface area contributed by atoms with Crippen molar-refractivity contribution in [1.29, 1.82) is 0 Å². The molecule has 0 bridgehead atoms. The van der Waals surface area contributed by atoms with Crippen molar-refractivity contribution in [1.82, 2.24) is 19.5 Å². The first kappa shape index (κ1) is 18.0. The van der Waals surface area contributed by atoms with Crippen LogP contribution < -0.4 is 4.72 Å². The largest absolute Gasteiger partial charge is 0.381 e. The molecule has 1 saturated heterocycles. The highest BCUT2D eigenvalue weighted by Gasteiger charge is 2.26. The third-order valence-electron chi connectivity index (χ3n) is 4.29. The number of aryl methyl sites for hydroxylation is 2. The second kappa shape index (κ2) is 6.85. The van der Waals surface area contributed by atoms with Crippen molar-refractivity contribution in [2.75, 3.05) is 13.2 Å². The molecule has 0 saturated carbocycles. The second-order valence-electron chi connectivity index (χ2n) is 5.99. The van der Waals surface area contributed by atoms with E-state index in [1.54, 1.807) is 25.5 Å². The predicted octanol–water partition coefficient (Wildman–Crippen LogP) is 1.74. The van der Waals surface area contributed by atoms with Crippen molar-refractivity contribution in [3.63, 3.8) is 0 Å². The lowest BCUT2D eigenvalue weighted by molar-refractivity contribution is 0.0656. The van der Waals surface area contributed by atoms with Crippen LogP contribution in [0.4, 0.5) is 0 Å². The third-order valence-corrected chi connectivity index (χ3v) is 7.07. The molecule has 2 aromatic rings. The Hall–Kier alpha value is -1.78. The lowest BCUT2D eigenvalue weighted by Gasteiger charge is -2.23. The number of sulfonamides is 1. The van der Waals surface area contributed by atoms with Gasteiger partial charge >= 0.3 is 0 Å². The number of amides is 1. The van der Waals surface area contributed by atoms with E-state index in [1.807, 2.05) is 0 Å². The van der Waals surface area contributed by atoms with Crippen LogP contribution in [0, 0.1) is 20.8 Å². The van der Waals surface area contributed by atoms with Crippen LogP contribution in [0.5, 0.6) is 0 Å². The summed E-state index contributed by atoms with van der Waals surface area (Å²) >= 11 is 1.04. The number of rotatable bonds is 4. The molecule has 1 N–H and O–H groups in total. The average Bonchev–Trinajstić information content (AvgIpc) is 3.11. The fraction of sp³-hybridized carbons (Fsp3) is 0.533. The van der Waals surface area contributed by atoms with Crippen LogP contribution in [0.25, 0.3) is 0 Å². The Morgan fingerprint density at radius 3 is 2.60 bits per heavy atom. The summed E-state index contributed by atoms with van der Waals surface area (Å²) in [5.74, 6) is -0.693. The van der Waals surface area contributed by atoms with Gasteiger partial charge in [-0.2, -0.15) is 13.5 Å². The van der Waals surface area contributed by atoms with Gasteiger partial charge < -0.3 is 4.74 Å². The van der Waals surface area contributed by atoms with Crippen LogP contribution >= 0.6 is 11.3 Å². The zero-order valence-electron chi connectivity index (χ0n) is 14.3. The van der Waals surface area contributed by atoms with Crippen LogP contribution in [0.2, 0.25) is 0 Å². The standard InChI is InChI=1S/C15H20N4O4S2/c1-9-11(3)24-15(17-9)25(21,22)18-14(20)13-8-16-19(10(13)2)12-4-6-23-7-5-12/h8,12H,4-7H2,1-3H3,(H,18,20). The summed E-state index contributed by atoms with van der Waals surface area (Å²) in [6, 6.07) is 0.163. The summed E-state index contributed by atoms with van der Waals surface area (Å²) in [7, 11) is -3.99. The predicted molar refractivity (Wildman–Crippen MR) is 92.3 cm³/mol. The molecular formula is C15H20N4O4S2. The van der Waals surface area contributed by atoms with E-state index in [0.29, 0.717) is 24.6 Å². The maximum absolute atomic E-state index is 12.5. The molecule has 1 aliphatic rings. The van der Waals surface area contributed by atoms with Crippen LogP contribution in [0.3, 0.4) is 0 Å². The molecule has 0 radical (unpaired) electrons. The van der Waals surface area contributed by atoms with Crippen molar-refractivity contribution >= 4 is 27.3 Å². The fourth-order valence-corrected chi connectivity index (χ4v) is 5.00. The van der Waals surface area contributed by atoms with E-state index in [2.05, 4.69) is 14.8 Å². The lowest BCUT2D eigenvalue weighted by Crippen LogP contribution is -2.31. The molecule has 0 unspecified atom stereocenters. The van der Waals surface area contributed by atoms with Gasteiger partial charge in [-0.1, -0.05) is 0 Å². The van der Waals surface area contributed by atoms with Gasteiger partial charge in [0, 0.05) is 23.8 Å². The Kier molecular flexibility index (Phi) is 4.94. The number of aromatic nitrogens is 3. The Labute approximate surface area is 150 Å². The molecule has 1 aliphatic heterocycles. The minimum Gasteiger partial charge on any atom is -0.381 e. The molecule has 10 heteroatoms. The Balaban J connectivity index is 1.80. The van der Waals surface area contributed by atoms with Gasteiger partial charge in [-0.25, -0.2) is 9.71 Å². The number of hydrogen-bond donors (Lipinski definition) is 1. The van der Waals surface area contributed by atoms with Gasteiger partial charge in [0.1, 0.15) is 0 Å². The molecule has 0 aliphatic carbocycles. The summed E-state index contributed by atoms with van der Waals surface area (Å²) in [4.78, 5) is 17.3. The van der Waals surface area contributed by atoms with Gasteiger partial charge in [0.05, 0.1) is 23.5 Å². The van der Waals surface area contributed by atoms with E-state index in [9.17, 15) is 13.2 Å². The van der Waals surface area contributed by atoms with Gasteiger partial charge in [-0.05, 0) is 33.6 Å². The highest BCUT2D eigenvalue weighted by atomic mass is 32.2. The summed E-state index contributed by atoms with van der Waals surface area (Å²) in [6.07, 6.45) is 3.05. The molecule has 1 fully saturated rings. The number of carbonyl (C=O) groups is 1. The van der Waals surface area contributed by atoms with Crippen LogP contribution in [0.15, 0.2) is 10.5 Å². The zero-order valence-corrected chi connectivity index (χ0v) is 15.9. The maximum atomic E-state index is 12.5. The zero-order chi connectivity index (χ0) is 18.2. The first-order valence-electron chi connectivity index (χ1n) is 7.92. The molecule has 0 spiro atoms. The number of nitrogens with zero attached hydrogens (tertiary/aromatic N) is 3. The minimum absolute atomic E-state index is 0.106. The van der Waals surface area contributed by atoms with Crippen LogP contribution in [0.1, 0.15) is 45.5 Å². The Bertz CT molecular complexity index is 875. The van der Waals surface area contributed by atoms with Gasteiger partial charge in [-0.3, -0.25) is 9.48 Å². The molecule has 25 heavy (non-hydrogen) atoms. The van der Waals surface area contributed by atoms with E-state index in [-0.39, 0.29) is 15.9 Å². The number of nitrogens with one attached hydrogen (secondary N) is 1. The number of ether oxygens (including phenoxy) is 1. The number of thiazole rings is 1. The van der Waals surface area contributed by atoms with E-state index in [1.165, 1.54) is 6.20 Å². The van der Waals surface area contributed by atoms with Crippen molar-refractivity contribution in [2.24, 2.45) is 0 Å². The van der Waals surface area contributed by atoms with Crippen molar-refractivity contribution in [2.45, 2.75) is 44.0 Å². The lowest BCUT2D eigenvalue weighted by atomic mass is 10.1. The molecule has 136 valence electrons. The average molecular weight is 384 g/mol. The Morgan fingerprint density at radius 1 is 1.32 bits per heavy atom. The highest BCUT2D eigenvalue weighted by molar-refractivity contribution is 7.92. The summed E-state index contributed by atoms with van der Waals surface area (Å²) in [5.41, 5.74) is 1.53. The first-order valence-corrected chi connectivity index (χ1v) is 10.2. The monoisotopic (exact) mass is 384 g/mol. The molecule has 0 atom stereocenters. The smallest absolute Gasteiger partial charge is 0.291 e. The highest BCUT2D eigenvalue weighted by Crippen LogP contribution is 2.24. The van der Waals surface area contributed by atoms with Crippen molar-refractivity contribution in [3.8, 4) is 0 Å². The van der Waals surface area contributed by atoms with E-state index >= 15 is 0 Å². The minimum atomic E-state index is -3.99. The maximum Gasteiger partial charge on any atom is 0.291 e. The van der Waals surface area contributed by atoms with E-state index in [0.717, 1.165) is 29.1 Å². The Morgan fingerprint density at radius 2 is 2.00 bits per heavy atom. The SMILES string of the molecule is Cc1nc(S(=O)(=O)NC(=O)c2cnn(C3CCOCC3)c2C)sc1C. The van der Waals surface area contributed by atoms with Gasteiger partial charge in [0.2, 0.25) is 4.34 Å². The number of carbonyl (C=O) groups excluding carboxylic acids is 1. The quantitative estimate of drug-likeness (QED) is 0.861. The third kappa shape index (κ3) is 3.60. The molecule has 0 aromatic carbocycles. The van der Waals surface area contributed by atoms with Crippen LogP contribution in [-0.4, -0.2) is 42.3 Å². The molecule has 2 aromatic heterocycles. The molecule has 3 rings (SSSR count). The van der Waals surface area contributed by atoms with Gasteiger partial charge in [-0.15, -0.1) is 11.3 Å². The van der Waals surface area contributed by atoms with Crippen molar-refractivity contribution < 1.29 is 17.9 Å². The fourth-order valence-electron chi connectivity index (χ4n) is 2.72. The van der Waals surface area contributed by atoms with E-state index in [4.69, 9.17) is 4.74 Å². The summed E-state index contributed by atoms with van der Waals surface area (Å²) in [5, 5.41) is 4.27. The summed E-state index contributed by atoms with van der Waals surface area (Å²) < 4.78 is 33.8. The van der Waals surface area contributed by atoms with Gasteiger partial charge in [0.15, 0.2) is 0 Å². The topological polar surface area (TPSA) is 103 Å². The normalized spacial score (nSPS) is 16.1. The second-order valence-corrected chi connectivity index (χ2v) is 9.05. The van der Waals surface area contributed by atoms with Gasteiger partial charge in [0.25, 0.3) is 15.9 Å². The molecule has 8 nitrogen and oxygen atoms in total. The molecule has 3 heterocycles. The molecule has 1 amide bonds. The van der Waals surface area contributed by atoms with Crippen molar-refractivity contribution in [3.05, 3.63) is 28.0 Å². The summed E-state index contributed by atoms with van der Waals surface area (Å²) in [6.45, 7) is 6.59. The number of hydrogen-bond acceptors (Lipinski definition) is 7. The first-order chi connectivity index (χ1) is 11.8. The molecular weight excluding hydrogens is 364 g/mol. The van der Waals surface area contributed by atoms with E-state index < -0.39 is 15.9 Å².